The maximum absolute atomic E-state index is 4.16. The fourth-order valence-corrected chi connectivity index (χ4v) is 3.30. The van der Waals surface area contributed by atoms with Gasteiger partial charge in [0.25, 0.3) is 0 Å². The van der Waals surface area contributed by atoms with Gasteiger partial charge in [-0.3, -0.25) is 0 Å². The molecule has 94 valence electrons. The van der Waals surface area contributed by atoms with Crippen LogP contribution in [0.1, 0.15) is 47.9 Å². The third kappa shape index (κ3) is 2.12. The van der Waals surface area contributed by atoms with Gasteiger partial charge in [-0.05, 0) is 36.8 Å². The Morgan fingerprint density at radius 3 is 2.67 bits per heavy atom. The maximum Gasteiger partial charge on any atom is 0.206 e. The van der Waals surface area contributed by atoms with E-state index in [1.807, 2.05) is 6.92 Å². The molecule has 18 heavy (non-hydrogen) atoms. The van der Waals surface area contributed by atoms with Gasteiger partial charge in [0, 0.05) is 0 Å². The highest BCUT2D eigenvalue weighted by atomic mass is 32.1. The molecule has 0 bridgehead atoms. The van der Waals surface area contributed by atoms with Crippen LogP contribution in [-0.4, -0.2) is 10.2 Å². The summed E-state index contributed by atoms with van der Waals surface area (Å²) < 4.78 is 0. The molecule has 2 aromatic rings. The number of benzene rings is 1. The minimum absolute atomic E-state index is 0.379. The Balaban J connectivity index is 1.88. The van der Waals surface area contributed by atoms with E-state index in [4.69, 9.17) is 0 Å². The van der Waals surface area contributed by atoms with Gasteiger partial charge in [-0.2, -0.15) is 0 Å². The van der Waals surface area contributed by atoms with Crippen molar-refractivity contribution in [1.82, 2.24) is 10.2 Å². The van der Waals surface area contributed by atoms with Crippen LogP contribution in [0.2, 0.25) is 0 Å². The molecule has 1 heterocycles. The third-order valence-electron chi connectivity index (χ3n) is 3.61. The molecule has 0 fully saturated rings. The molecular weight excluding hydrogens is 242 g/mol. The standard InChI is InChI=1S/C14H17N3S/c1-9-7-8-13(12-6-4-3-5-11(9)12)15-14-17-16-10(2)18-14/h3-6,9,13H,7-8H2,1-2H3,(H,15,17). The van der Waals surface area contributed by atoms with Crippen molar-refractivity contribution in [2.45, 2.75) is 38.6 Å². The number of anilines is 1. The maximum atomic E-state index is 4.16. The van der Waals surface area contributed by atoms with Gasteiger partial charge in [0.2, 0.25) is 5.13 Å². The molecule has 0 saturated carbocycles. The number of nitrogens with one attached hydrogen (secondary N) is 1. The summed E-state index contributed by atoms with van der Waals surface area (Å²) in [6, 6.07) is 9.11. The summed E-state index contributed by atoms with van der Waals surface area (Å²) in [5.74, 6) is 0.662. The molecule has 0 saturated heterocycles. The highest BCUT2D eigenvalue weighted by Gasteiger charge is 2.24. The van der Waals surface area contributed by atoms with Crippen LogP contribution in [0.4, 0.5) is 5.13 Å². The minimum atomic E-state index is 0.379. The van der Waals surface area contributed by atoms with Crippen LogP contribution in [0.15, 0.2) is 24.3 Å². The summed E-state index contributed by atoms with van der Waals surface area (Å²) in [6.07, 6.45) is 2.39. The van der Waals surface area contributed by atoms with E-state index in [-0.39, 0.29) is 0 Å². The van der Waals surface area contributed by atoms with Crippen LogP contribution in [0, 0.1) is 6.92 Å². The molecule has 1 N–H and O–H groups in total. The largest absolute Gasteiger partial charge is 0.353 e. The predicted octanol–water partition coefficient (Wildman–Crippen LogP) is 3.90. The topological polar surface area (TPSA) is 37.8 Å². The van der Waals surface area contributed by atoms with Crippen molar-refractivity contribution in [3.63, 3.8) is 0 Å². The van der Waals surface area contributed by atoms with Crippen LogP contribution in [0.3, 0.4) is 0 Å². The average Bonchev–Trinajstić information content (AvgIpc) is 2.79. The Labute approximate surface area is 111 Å². The summed E-state index contributed by atoms with van der Waals surface area (Å²) in [5.41, 5.74) is 2.89. The Kier molecular flexibility index (Phi) is 3.04. The van der Waals surface area contributed by atoms with Crippen molar-refractivity contribution in [2.75, 3.05) is 5.32 Å². The van der Waals surface area contributed by atoms with E-state index in [2.05, 4.69) is 46.7 Å². The summed E-state index contributed by atoms with van der Waals surface area (Å²) in [4.78, 5) is 0. The van der Waals surface area contributed by atoms with Crippen LogP contribution in [0.25, 0.3) is 0 Å². The predicted molar refractivity (Wildman–Crippen MR) is 75.1 cm³/mol. The van der Waals surface area contributed by atoms with Crippen LogP contribution in [0.5, 0.6) is 0 Å². The lowest BCUT2D eigenvalue weighted by atomic mass is 9.81. The monoisotopic (exact) mass is 259 g/mol. The lowest BCUT2D eigenvalue weighted by Crippen LogP contribution is -2.19. The molecule has 1 aliphatic carbocycles. The number of hydrogen-bond donors (Lipinski definition) is 1. The van der Waals surface area contributed by atoms with E-state index in [0.29, 0.717) is 12.0 Å². The van der Waals surface area contributed by atoms with E-state index >= 15 is 0 Å². The normalized spacial score (nSPS) is 22.6. The number of fused-ring (bicyclic) bond motifs is 1. The van der Waals surface area contributed by atoms with E-state index in [9.17, 15) is 0 Å². The Bertz CT molecular complexity index is 549. The molecule has 1 aromatic heterocycles. The first kappa shape index (κ1) is 11.7. The smallest absolute Gasteiger partial charge is 0.206 e. The van der Waals surface area contributed by atoms with Crippen molar-refractivity contribution in [1.29, 1.82) is 0 Å². The Hall–Kier alpha value is -1.42. The van der Waals surface area contributed by atoms with Crippen LogP contribution in [-0.2, 0) is 0 Å². The molecule has 0 aliphatic heterocycles. The molecular formula is C14H17N3S. The van der Waals surface area contributed by atoms with E-state index < -0.39 is 0 Å². The summed E-state index contributed by atoms with van der Waals surface area (Å²) in [7, 11) is 0. The van der Waals surface area contributed by atoms with Gasteiger partial charge in [-0.1, -0.05) is 42.5 Å². The first-order valence-corrected chi connectivity index (χ1v) is 7.21. The molecule has 3 rings (SSSR count). The van der Waals surface area contributed by atoms with Gasteiger partial charge in [0.1, 0.15) is 5.01 Å². The summed E-state index contributed by atoms with van der Waals surface area (Å²) in [6.45, 7) is 4.30. The number of nitrogens with zero attached hydrogens (tertiary/aromatic N) is 2. The molecule has 0 amide bonds. The molecule has 4 heteroatoms. The van der Waals surface area contributed by atoms with Gasteiger partial charge >= 0.3 is 0 Å². The van der Waals surface area contributed by atoms with Crippen molar-refractivity contribution in [2.24, 2.45) is 0 Å². The van der Waals surface area contributed by atoms with Crippen LogP contribution >= 0.6 is 11.3 Å². The number of aromatic nitrogens is 2. The third-order valence-corrected chi connectivity index (χ3v) is 4.38. The second-order valence-corrected chi connectivity index (χ2v) is 6.11. The fraction of sp³-hybridized carbons (Fsp3) is 0.429. The SMILES string of the molecule is Cc1nnc(NC2CCC(C)c3ccccc32)s1. The number of aryl methyl sites for hydroxylation is 1. The molecule has 1 aromatic carbocycles. The molecule has 0 spiro atoms. The lowest BCUT2D eigenvalue weighted by Gasteiger charge is -2.30. The molecule has 2 atom stereocenters. The first-order valence-electron chi connectivity index (χ1n) is 6.39. The highest BCUT2D eigenvalue weighted by Crippen LogP contribution is 2.38. The number of rotatable bonds is 2. The second-order valence-electron chi connectivity index (χ2n) is 4.93. The van der Waals surface area contributed by atoms with Crippen molar-refractivity contribution < 1.29 is 0 Å². The molecule has 2 unspecified atom stereocenters. The zero-order valence-electron chi connectivity index (χ0n) is 10.7. The van der Waals surface area contributed by atoms with Crippen LogP contribution < -0.4 is 5.32 Å². The van der Waals surface area contributed by atoms with Gasteiger partial charge in [-0.15, -0.1) is 10.2 Å². The van der Waals surface area contributed by atoms with Gasteiger partial charge < -0.3 is 5.32 Å². The number of hydrogen-bond acceptors (Lipinski definition) is 4. The van der Waals surface area contributed by atoms with Crippen molar-refractivity contribution in [3.8, 4) is 0 Å². The van der Waals surface area contributed by atoms with E-state index in [1.54, 1.807) is 11.3 Å². The Morgan fingerprint density at radius 1 is 1.17 bits per heavy atom. The van der Waals surface area contributed by atoms with E-state index in [1.165, 1.54) is 17.5 Å². The minimum Gasteiger partial charge on any atom is -0.353 e. The summed E-state index contributed by atoms with van der Waals surface area (Å²) >= 11 is 1.62. The lowest BCUT2D eigenvalue weighted by molar-refractivity contribution is 0.534. The zero-order chi connectivity index (χ0) is 12.5. The fourth-order valence-electron chi connectivity index (χ4n) is 2.66. The summed E-state index contributed by atoms with van der Waals surface area (Å²) in [5, 5.41) is 13.7. The quantitative estimate of drug-likeness (QED) is 0.889. The second kappa shape index (κ2) is 4.69. The van der Waals surface area contributed by atoms with Gasteiger partial charge in [0.15, 0.2) is 0 Å². The first-order chi connectivity index (χ1) is 8.74. The highest BCUT2D eigenvalue weighted by molar-refractivity contribution is 7.15. The molecule has 3 nitrogen and oxygen atoms in total. The van der Waals surface area contributed by atoms with Gasteiger partial charge in [-0.25, -0.2) is 0 Å². The van der Waals surface area contributed by atoms with Crippen molar-refractivity contribution in [3.05, 3.63) is 40.4 Å². The average molecular weight is 259 g/mol. The van der Waals surface area contributed by atoms with Crippen molar-refractivity contribution >= 4 is 16.5 Å². The molecule has 0 radical (unpaired) electrons. The molecule has 1 aliphatic rings. The van der Waals surface area contributed by atoms with Gasteiger partial charge in [0.05, 0.1) is 6.04 Å². The Morgan fingerprint density at radius 2 is 1.94 bits per heavy atom. The zero-order valence-corrected chi connectivity index (χ0v) is 11.5. The van der Waals surface area contributed by atoms with E-state index in [0.717, 1.165) is 16.6 Å².